The minimum Gasteiger partial charge on any atom is -0.370 e. The standard InChI is InChI=1S/C14H28N6/c1-6-16-12-9-13(18-14(15)17-12)20(10-11(2)3)8-7-19(4)5/h9,11H,6-8,10H2,1-5H3,(H3,15,16,17,18). The van der Waals surface area contributed by atoms with Gasteiger partial charge in [0.1, 0.15) is 11.6 Å². The molecule has 0 spiro atoms. The summed E-state index contributed by atoms with van der Waals surface area (Å²) in [4.78, 5) is 13.0. The molecule has 0 bridgehead atoms. The Balaban J connectivity index is 2.92. The molecule has 0 amide bonds. The molecule has 1 aromatic rings. The summed E-state index contributed by atoms with van der Waals surface area (Å²) in [6.07, 6.45) is 0. The van der Waals surface area contributed by atoms with Crippen LogP contribution >= 0.6 is 0 Å². The Morgan fingerprint density at radius 2 is 1.95 bits per heavy atom. The van der Waals surface area contributed by atoms with Gasteiger partial charge in [0, 0.05) is 32.2 Å². The van der Waals surface area contributed by atoms with E-state index in [-0.39, 0.29) is 0 Å². The predicted octanol–water partition coefficient (Wildman–Crippen LogP) is 1.51. The summed E-state index contributed by atoms with van der Waals surface area (Å²) < 4.78 is 0. The number of rotatable bonds is 8. The van der Waals surface area contributed by atoms with Crippen molar-refractivity contribution in [2.75, 3.05) is 56.2 Å². The molecule has 3 N–H and O–H groups in total. The van der Waals surface area contributed by atoms with Crippen molar-refractivity contribution in [3.8, 4) is 0 Å². The van der Waals surface area contributed by atoms with Crippen LogP contribution in [-0.2, 0) is 0 Å². The number of hydrogen-bond acceptors (Lipinski definition) is 6. The number of nitrogens with one attached hydrogen (secondary N) is 1. The smallest absolute Gasteiger partial charge is 0.223 e. The lowest BCUT2D eigenvalue weighted by Gasteiger charge is -2.27. The van der Waals surface area contributed by atoms with E-state index in [4.69, 9.17) is 5.73 Å². The van der Waals surface area contributed by atoms with E-state index in [0.717, 1.165) is 37.8 Å². The van der Waals surface area contributed by atoms with Gasteiger partial charge >= 0.3 is 0 Å². The molecular formula is C14H28N6. The monoisotopic (exact) mass is 280 g/mol. The molecule has 0 atom stereocenters. The maximum Gasteiger partial charge on any atom is 0.223 e. The van der Waals surface area contributed by atoms with E-state index in [1.807, 2.05) is 13.0 Å². The van der Waals surface area contributed by atoms with Crippen LogP contribution in [0, 0.1) is 5.92 Å². The molecule has 6 nitrogen and oxygen atoms in total. The quantitative estimate of drug-likeness (QED) is 0.752. The highest BCUT2D eigenvalue weighted by atomic mass is 15.2. The molecule has 1 rings (SSSR count). The van der Waals surface area contributed by atoms with Gasteiger partial charge in [-0.15, -0.1) is 0 Å². The van der Waals surface area contributed by atoms with Crippen LogP contribution in [0.25, 0.3) is 0 Å². The molecule has 0 aliphatic heterocycles. The second kappa shape index (κ2) is 7.89. The van der Waals surface area contributed by atoms with Gasteiger partial charge in [-0.2, -0.15) is 9.97 Å². The fourth-order valence-corrected chi connectivity index (χ4v) is 1.95. The lowest BCUT2D eigenvalue weighted by atomic mass is 10.2. The Morgan fingerprint density at radius 3 is 2.50 bits per heavy atom. The Labute approximate surface area is 122 Å². The van der Waals surface area contributed by atoms with Crippen LogP contribution in [0.2, 0.25) is 0 Å². The van der Waals surface area contributed by atoms with Crippen LogP contribution in [-0.4, -0.2) is 55.1 Å². The van der Waals surface area contributed by atoms with Crippen molar-refractivity contribution in [1.29, 1.82) is 0 Å². The van der Waals surface area contributed by atoms with Crippen LogP contribution in [0.1, 0.15) is 20.8 Å². The molecule has 1 aromatic heterocycles. The van der Waals surface area contributed by atoms with Crippen molar-refractivity contribution < 1.29 is 0 Å². The fourth-order valence-electron chi connectivity index (χ4n) is 1.95. The molecule has 0 saturated carbocycles. The van der Waals surface area contributed by atoms with Gasteiger partial charge in [-0.05, 0) is 26.9 Å². The fraction of sp³-hybridized carbons (Fsp3) is 0.714. The van der Waals surface area contributed by atoms with Crippen LogP contribution < -0.4 is 16.0 Å². The summed E-state index contributed by atoms with van der Waals surface area (Å²) in [5.41, 5.74) is 5.81. The first kappa shape index (κ1) is 16.5. The Kier molecular flexibility index (Phi) is 6.51. The normalized spacial score (nSPS) is 11.2. The number of anilines is 3. The largest absolute Gasteiger partial charge is 0.370 e. The van der Waals surface area contributed by atoms with E-state index in [0.29, 0.717) is 11.9 Å². The summed E-state index contributed by atoms with van der Waals surface area (Å²) in [5, 5.41) is 3.19. The molecule has 0 aromatic carbocycles. The van der Waals surface area contributed by atoms with Crippen molar-refractivity contribution in [2.45, 2.75) is 20.8 Å². The summed E-state index contributed by atoms with van der Waals surface area (Å²) in [7, 11) is 4.15. The summed E-state index contributed by atoms with van der Waals surface area (Å²) in [6.45, 7) is 10.1. The minimum atomic E-state index is 0.317. The number of nitrogens with zero attached hydrogens (tertiary/aromatic N) is 4. The Hall–Kier alpha value is -1.56. The van der Waals surface area contributed by atoms with E-state index in [1.165, 1.54) is 0 Å². The Morgan fingerprint density at radius 1 is 1.25 bits per heavy atom. The van der Waals surface area contributed by atoms with Crippen LogP contribution in [0.3, 0.4) is 0 Å². The van der Waals surface area contributed by atoms with Crippen LogP contribution in [0.5, 0.6) is 0 Å². The lowest BCUT2D eigenvalue weighted by molar-refractivity contribution is 0.408. The molecule has 0 unspecified atom stereocenters. The first-order valence-electron chi connectivity index (χ1n) is 7.20. The zero-order valence-corrected chi connectivity index (χ0v) is 13.3. The second-order valence-corrected chi connectivity index (χ2v) is 5.64. The third kappa shape index (κ3) is 5.61. The van der Waals surface area contributed by atoms with Crippen molar-refractivity contribution >= 4 is 17.6 Å². The maximum absolute atomic E-state index is 5.81. The minimum absolute atomic E-state index is 0.317. The van der Waals surface area contributed by atoms with E-state index in [1.54, 1.807) is 0 Å². The predicted molar refractivity (Wildman–Crippen MR) is 86.2 cm³/mol. The van der Waals surface area contributed by atoms with E-state index >= 15 is 0 Å². The molecule has 1 heterocycles. The number of nitrogen functional groups attached to an aromatic ring is 1. The van der Waals surface area contributed by atoms with Gasteiger partial charge in [-0.3, -0.25) is 0 Å². The zero-order valence-electron chi connectivity index (χ0n) is 13.3. The van der Waals surface area contributed by atoms with Crippen LogP contribution in [0.15, 0.2) is 6.07 Å². The van der Waals surface area contributed by atoms with Crippen molar-refractivity contribution in [2.24, 2.45) is 5.92 Å². The summed E-state index contributed by atoms with van der Waals surface area (Å²) in [6, 6.07) is 1.97. The third-order valence-corrected chi connectivity index (χ3v) is 2.81. The average molecular weight is 280 g/mol. The second-order valence-electron chi connectivity index (χ2n) is 5.64. The molecule has 114 valence electrons. The maximum atomic E-state index is 5.81. The SMILES string of the molecule is CCNc1cc(N(CCN(C)C)CC(C)C)nc(N)n1. The van der Waals surface area contributed by atoms with E-state index in [2.05, 4.69) is 53.0 Å². The highest BCUT2D eigenvalue weighted by Gasteiger charge is 2.12. The van der Waals surface area contributed by atoms with Crippen LogP contribution in [0.4, 0.5) is 17.6 Å². The van der Waals surface area contributed by atoms with Gasteiger partial charge in [0.15, 0.2) is 0 Å². The molecular weight excluding hydrogens is 252 g/mol. The van der Waals surface area contributed by atoms with E-state index < -0.39 is 0 Å². The third-order valence-electron chi connectivity index (χ3n) is 2.81. The molecule has 0 aliphatic rings. The van der Waals surface area contributed by atoms with Crippen molar-refractivity contribution in [1.82, 2.24) is 14.9 Å². The summed E-state index contributed by atoms with van der Waals surface area (Å²) >= 11 is 0. The highest BCUT2D eigenvalue weighted by Crippen LogP contribution is 2.18. The number of aromatic nitrogens is 2. The molecule has 0 radical (unpaired) electrons. The molecule has 20 heavy (non-hydrogen) atoms. The van der Waals surface area contributed by atoms with Crippen molar-refractivity contribution in [3.05, 3.63) is 6.07 Å². The number of hydrogen-bond donors (Lipinski definition) is 2. The highest BCUT2D eigenvalue weighted by molar-refractivity contribution is 5.52. The lowest BCUT2D eigenvalue weighted by Crippen LogP contribution is -2.35. The summed E-state index contributed by atoms with van der Waals surface area (Å²) in [5.74, 6) is 2.56. The van der Waals surface area contributed by atoms with Crippen molar-refractivity contribution in [3.63, 3.8) is 0 Å². The van der Waals surface area contributed by atoms with Gasteiger partial charge < -0.3 is 20.9 Å². The molecule has 0 fully saturated rings. The number of likely N-dealkylation sites (N-methyl/N-ethyl adjacent to an activating group) is 1. The van der Waals surface area contributed by atoms with Gasteiger partial charge in [0.2, 0.25) is 5.95 Å². The first-order valence-corrected chi connectivity index (χ1v) is 7.20. The Bertz CT molecular complexity index is 405. The van der Waals surface area contributed by atoms with E-state index in [9.17, 15) is 0 Å². The molecule has 0 saturated heterocycles. The molecule has 6 heteroatoms. The van der Waals surface area contributed by atoms with Gasteiger partial charge in [0.05, 0.1) is 0 Å². The van der Waals surface area contributed by atoms with Gasteiger partial charge in [-0.1, -0.05) is 13.8 Å². The van der Waals surface area contributed by atoms with Gasteiger partial charge in [-0.25, -0.2) is 0 Å². The molecule has 0 aliphatic carbocycles. The van der Waals surface area contributed by atoms with Gasteiger partial charge in [0.25, 0.3) is 0 Å². The number of nitrogens with two attached hydrogens (primary N) is 1. The topological polar surface area (TPSA) is 70.3 Å². The average Bonchev–Trinajstić information content (AvgIpc) is 2.33. The first-order chi connectivity index (χ1) is 9.42. The zero-order chi connectivity index (χ0) is 15.1.